The molecule has 3 heterocycles. The summed E-state index contributed by atoms with van der Waals surface area (Å²) in [7, 11) is 1.56. The van der Waals surface area contributed by atoms with Crippen molar-refractivity contribution in [3.05, 3.63) is 86.8 Å². The molecule has 4 aromatic rings. The fourth-order valence-corrected chi connectivity index (χ4v) is 4.51. The van der Waals surface area contributed by atoms with E-state index in [2.05, 4.69) is 4.98 Å². The molecule has 35 heavy (non-hydrogen) atoms. The number of rotatable bonds is 7. The summed E-state index contributed by atoms with van der Waals surface area (Å²) >= 11 is 0. The summed E-state index contributed by atoms with van der Waals surface area (Å²) in [4.78, 5) is 44.6. The minimum absolute atomic E-state index is 0.0933. The number of nitrogens with zero attached hydrogens (tertiary/aromatic N) is 4. The molecule has 2 aromatic heterocycles. The van der Waals surface area contributed by atoms with E-state index in [1.807, 2.05) is 31.2 Å². The molecule has 2 aromatic carbocycles. The van der Waals surface area contributed by atoms with Gasteiger partial charge in [-0.15, -0.1) is 0 Å². The van der Waals surface area contributed by atoms with Gasteiger partial charge in [0.25, 0.3) is 5.56 Å². The van der Waals surface area contributed by atoms with Gasteiger partial charge in [-0.25, -0.2) is 14.3 Å². The van der Waals surface area contributed by atoms with E-state index in [4.69, 9.17) is 9.47 Å². The number of hydrogen-bond donors (Lipinski definition) is 0. The van der Waals surface area contributed by atoms with Crippen molar-refractivity contribution >= 4 is 16.9 Å². The Balaban J connectivity index is 1.65. The third kappa shape index (κ3) is 4.19. The first-order valence-corrected chi connectivity index (χ1v) is 11.5. The molecular weight excluding hydrogens is 448 g/mol. The van der Waals surface area contributed by atoms with Crippen molar-refractivity contribution in [1.29, 1.82) is 0 Å². The zero-order valence-corrected chi connectivity index (χ0v) is 19.6. The van der Waals surface area contributed by atoms with Crippen LogP contribution in [0, 0.1) is 6.92 Å². The highest BCUT2D eigenvalue weighted by atomic mass is 16.5. The van der Waals surface area contributed by atoms with Crippen LogP contribution in [0.2, 0.25) is 0 Å². The average Bonchev–Trinajstić information content (AvgIpc) is 3.53. The van der Waals surface area contributed by atoms with Gasteiger partial charge in [0.05, 0.1) is 38.3 Å². The number of carbonyl (C=O) groups is 1. The molecular formula is C26H26N4O5. The standard InChI is InChI=1S/C26H26N4O5/c1-17-6-3-4-8-21(17)30-24-23(25(32)29(26(30)33)14-20-7-5-13-35-20)28(16-27-24)15-22(31)18-9-11-19(34-2)12-10-18/h3-4,6,8-12,16,20H,5,7,13-15H2,1-2H3. The Hall–Kier alpha value is -3.98. The monoisotopic (exact) mass is 474 g/mol. The number of ether oxygens (including phenoxy) is 2. The number of imidazole rings is 1. The summed E-state index contributed by atoms with van der Waals surface area (Å²) in [5, 5.41) is 0. The van der Waals surface area contributed by atoms with E-state index in [1.54, 1.807) is 31.4 Å². The van der Waals surface area contributed by atoms with E-state index in [1.165, 1.54) is 20.0 Å². The van der Waals surface area contributed by atoms with Gasteiger partial charge >= 0.3 is 5.69 Å². The first kappa shape index (κ1) is 22.8. The van der Waals surface area contributed by atoms with Crippen molar-refractivity contribution in [3.63, 3.8) is 0 Å². The Kier molecular flexibility index (Phi) is 6.08. The van der Waals surface area contributed by atoms with Gasteiger partial charge in [-0.1, -0.05) is 18.2 Å². The van der Waals surface area contributed by atoms with Crippen LogP contribution in [0.1, 0.15) is 28.8 Å². The number of para-hydroxylation sites is 1. The molecule has 1 aliphatic heterocycles. The molecule has 0 amide bonds. The van der Waals surface area contributed by atoms with Gasteiger partial charge in [-0.3, -0.25) is 14.2 Å². The molecule has 0 spiro atoms. The molecule has 1 saturated heterocycles. The maximum Gasteiger partial charge on any atom is 0.337 e. The van der Waals surface area contributed by atoms with Crippen molar-refractivity contribution in [2.75, 3.05) is 13.7 Å². The van der Waals surface area contributed by atoms with Gasteiger partial charge in [-0.2, -0.15) is 0 Å². The van der Waals surface area contributed by atoms with Gasteiger partial charge in [0.1, 0.15) is 5.75 Å². The zero-order chi connectivity index (χ0) is 24.5. The molecule has 0 aliphatic carbocycles. The molecule has 1 aliphatic rings. The maximum atomic E-state index is 13.6. The lowest BCUT2D eigenvalue weighted by Crippen LogP contribution is -2.42. The van der Waals surface area contributed by atoms with Crippen LogP contribution in [0.15, 0.2) is 64.4 Å². The number of aromatic nitrogens is 4. The second kappa shape index (κ2) is 9.34. The Bertz CT molecular complexity index is 1510. The lowest BCUT2D eigenvalue weighted by atomic mass is 10.1. The van der Waals surface area contributed by atoms with Gasteiger partial charge < -0.3 is 14.0 Å². The molecule has 9 heteroatoms. The summed E-state index contributed by atoms with van der Waals surface area (Å²) in [6, 6.07) is 14.2. The minimum atomic E-state index is -0.481. The normalized spacial score (nSPS) is 15.5. The number of carbonyl (C=O) groups excluding carboxylic acids is 1. The number of benzene rings is 2. The topological polar surface area (TPSA) is 97.4 Å². The molecule has 1 unspecified atom stereocenters. The Morgan fingerprint density at radius 2 is 1.91 bits per heavy atom. The molecule has 9 nitrogen and oxygen atoms in total. The molecule has 1 fully saturated rings. The van der Waals surface area contributed by atoms with Crippen LogP contribution in [0.4, 0.5) is 0 Å². The van der Waals surface area contributed by atoms with E-state index >= 15 is 0 Å². The Labute approximate surface area is 201 Å². The Morgan fingerprint density at radius 3 is 2.60 bits per heavy atom. The van der Waals surface area contributed by atoms with Crippen LogP contribution < -0.4 is 16.0 Å². The number of Topliss-reactive ketones (excluding diaryl/α,β-unsaturated/α-hetero) is 1. The van der Waals surface area contributed by atoms with Gasteiger partial charge in [0.2, 0.25) is 0 Å². The highest BCUT2D eigenvalue weighted by molar-refractivity contribution is 5.96. The molecule has 0 saturated carbocycles. The van der Waals surface area contributed by atoms with Crippen molar-refractivity contribution in [2.24, 2.45) is 0 Å². The van der Waals surface area contributed by atoms with Crippen LogP contribution in [0.25, 0.3) is 16.9 Å². The molecule has 180 valence electrons. The van der Waals surface area contributed by atoms with Gasteiger partial charge in [0.15, 0.2) is 16.9 Å². The summed E-state index contributed by atoms with van der Waals surface area (Å²) in [6.45, 7) is 2.57. The highest BCUT2D eigenvalue weighted by Crippen LogP contribution is 2.19. The molecule has 0 N–H and O–H groups in total. The number of methoxy groups -OCH3 is 1. The van der Waals surface area contributed by atoms with E-state index in [9.17, 15) is 14.4 Å². The van der Waals surface area contributed by atoms with E-state index < -0.39 is 11.2 Å². The first-order valence-electron chi connectivity index (χ1n) is 11.5. The number of fused-ring (bicyclic) bond motifs is 1. The predicted molar refractivity (Wildman–Crippen MR) is 131 cm³/mol. The number of hydrogen-bond acceptors (Lipinski definition) is 6. The summed E-state index contributed by atoms with van der Waals surface area (Å²) in [5.41, 5.74) is 1.45. The number of aryl methyl sites for hydroxylation is 1. The fraction of sp³-hybridized carbons (Fsp3) is 0.308. The SMILES string of the molecule is COc1ccc(C(=O)Cn2cnc3c2c(=O)n(CC2CCCO2)c(=O)n3-c2ccccc2C)cc1. The summed E-state index contributed by atoms with van der Waals surface area (Å²) < 4.78 is 15.0. The number of ketones is 1. The molecule has 1 atom stereocenters. The second-order valence-electron chi connectivity index (χ2n) is 8.65. The van der Waals surface area contributed by atoms with Gasteiger partial charge in [0, 0.05) is 12.2 Å². The predicted octanol–water partition coefficient (Wildman–Crippen LogP) is 2.73. The van der Waals surface area contributed by atoms with Crippen LogP contribution in [0.3, 0.4) is 0 Å². The van der Waals surface area contributed by atoms with E-state index in [0.29, 0.717) is 23.6 Å². The average molecular weight is 475 g/mol. The minimum Gasteiger partial charge on any atom is -0.497 e. The first-order chi connectivity index (χ1) is 17.0. The molecule has 0 radical (unpaired) electrons. The Morgan fingerprint density at radius 1 is 1.14 bits per heavy atom. The summed E-state index contributed by atoms with van der Waals surface area (Å²) in [6.07, 6.45) is 2.91. The fourth-order valence-electron chi connectivity index (χ4n) is 4.51. The maximum absolute atomic E-state index is 13.6. The molecule has 0 bridgehead atoms. The molecule has 5 rings (SSSR count). The van der Waals surface area contributed by atoms with Crippen molar-refractivity contribution in [3.8, 4) is 11.4 Å². The lowest BCUT2D eigenvalue weighted by Gasteiger charge is -2.16. The van der Waals surface area contributed by atoms with Crippen molar-refractivity contribution in [2.45, 2.75) is 39.0 Å². The largest absolute Gasteiger partial charge is 0.497 e. The van der Waals surface area contributed by atoms with Crippen LogP contribution in [-0.2, 0) is 17.8 Å². The van der Waals surface area contributed by atoms with E-state index in [0.717, 1.165) is 18.4 Å². The van der Waals surface area contributed by atoms with E-state index in [-0.39, 0.29) is 36.1 Å². The van der Waals surface area contributed by atoms with Crippen molar-refractivity contribution < 1.29 is 14.3 Å². The third-order valence-corrected chi connectivity index (χ3v) is 6.39. The lowest BCUT2D eigenvalue weighted by molar-refractivity contribution is 0.0947. The summed E-state index contributed by atoms with van der Waals surface area (Å²) in [5.74, 6) is 0.458. The zero-order valence-electron chi connectivity index (χ0n) is 19.6. The van der Waals surface area contributed by atoms with Crippen molar-refractivity contribution in [1.82, 2.24) is 18.7 Å². The van der Waals surface area contributed by atoms with Crippen LogP contribution in [0.5, 0.6) is 5.75 Å². The van der Waals surface area contributed by atoms with Gasteiger partial charge in [-0.05, 0) is 55.7 Å². The highest BCUT2D eigenvalue weighted by Gasteiger charge is 2.24. The third-order valence-electron chi connectivity index (χ3n) is 6.39. The van der Waals surface area contributed by atoms with Crippen LogP contribution in [-0.4, -0.2) is 44.3 Å². The smallest absolute Gasteiger partial charge is 0.337 e. The second-order valence-corrected chi connectivity index (χ2v) is 8.65. The van der Waals surface area contributed by atoms with Crippen LogP contribution >= 0.6 is 0 Å². The quantitative estimate of drug-likeness (QED) is 0.382.